The Labute approximate surface area is 108 Å². The summed E-state index contributed by atoms with van der Waals surface area (Å²) in [5.41, 5.74) is 2.95. The molecule has 0 aromatic rings. The zero-order chi connectivity index (χ0) is 11.6. The first-order chi connectivity index (χ1) is 6.94. The normalized spacial score (nSPS) is 33.5. The second-order valence-electron chi connectivity index (χ2n) is 3.61. The smallest absolute Gasteiger partial charge is 0.199 e. The minimum atomic E-state index is -1.33. The first kappa shape index (κ1) is 13.5. The molecule has 0 saturated carbocycles. The van der Waals surface area contributed by atoms with E-state index in [1.807, 2.05) is 6.92 Å². The number of alkyl halides is 1. The molecule has 2 unspecified atom stereocenters. The van der Waals surface area contributed by atoms with Crippen LogP contribution < -0.4 is 0 Å². The summed E-state index contributed by atoms with van der Waals surface area (Å²) < 4.78 is 5.57. The molecule has 0 amide bonds. The van der Waals surface area contributed by atoms with E-state index in [0.29, 0.717) is 17.0 Å². The van der Waals surface area contributed by atoms with Crippen molar-refractivity contribution in [1.82, 2.24) is 0 Å². The maximum Gasteiger partial charge on any atom is 0.199 e. The molecule has 0 spiro atoms. The van der Waals surface area contributed by atoms with Gasteiger partial charge in [-0.1, -0.05) is 39.1 Å². The molecule has 0 radical (unpaired) electrons. The molecule has 5 heteroatoms. The van der Waals surface area contributed by atoms with Crippen LogP contribution in [-0.2, 0) is 4.74 Å². The molecule has 1 rings (SSSR count). The minimum Gasteiger partial charge on any atom is -0.361 e. The molecule has 0 bridgehead atoms. The van der Waals surface area contributed by atoms with E-state index in [9.17, 15) is 5.11 Å². The van der Waals surface area contributed by atoms with Gasteiger partial charge in [-0.25, -0.2) is 0 Å². The van der Waals surface area contributed by atoms with Crippen molar-refractivity contribution < 1.29 is 9.84 Å². The number of rotatable bonds is 2. The van der Waals surface area contributed by atoms with Crippen LogP contribution in [0.1, 0.15) is 20.3 Å². The van der Waals surface area contributed by atoms with Gasteiger partial charge >= 0.3 is 0 Å². The zero-order valence-corrected chi connectivity index (χ0v) is 11.7. The van der Waals surface area contributed by atoms with Crippen molar-refractivity contribution in [2.75, 3.05) is 5.33 Å². The molecule has 15 heavy (non-hydrogen) atoms. The van der Waals surface area contributed by atoms with E-state index in [4.69, 9.17) is 27.9 Å². The van der Waals surface area contributed by atoms with Crippen LogP contribution in [0.3, 0.4) is 0 Å². The Morgan fingerprint density at radius 2 is 2.40 bits per heavy atom. The summed E-state index contributed by atoms with van der Waals surface area (Å²) in [7, 11) is 0. The van der Waals surface area contributed by atoms with E-state index in [1.54, 1.807) is 6.92 Å². The predicted octanol–water partition coefficient (Wildman–Crippen LogP) is 3.51. The lowest BCUT2D eigenvalue weighted by Gasteiger charge is -2.37. The van der Waals surface area contributed by atoms with Crippen molar-refractivity contribution in [3.05, 3.63) is 21.7 Å². The first-order valence-electron chi connectivity index (χ1n) is 4.53. The van der Waals surface area contributed by atoms with E-state index >= 15 is 0 Å². The molecule has 1 heterocycles. The number of ether oxygens (including phenoxy) is 1. The van der Waals surface area contributed by atoms with Crippen LogP contribution in [0.4, 0.5) is 0 Å². The fraction of sp³-hybridized carbons (Fsp3) is 0.600. The van der Waals surface area contributed by atoms with E-state index in [-0.39, 0.29) is 11.4 Å². The number of hydrogen-bond acceptors (Lipinski definition) is 2. The molecule has 1 N–H and O–H groups in total. The number of aliphatic hydroxyl groups is 1. The lowest BCUT2D eigenvalue weighted by atomic mass is 9.99. The summed E-state index contributed by atoms with van der Waals surface area (Å²) in [6.45, 7) is 3.61. The Kier molecular flexibility index (Phi) is 4.68. The number of halogens is 3. The highest BCUT2D eigenvalue weighted by atomic mass is 79.9. The molecule has 0 aromatic heterocycles. The van der Waals surface area contributed by atoms with Gasteiger partial charge in [0.25, 0.3) is 0 Å². The molecule has 1 aliphatic heterocycles. The molecule has 0 fully saturated rings. The van der Waals surface area contributed by atoms with Gasteiger partial charge in [-0.15, -0.1) is 0 Å². The summed E-state index contributed by atoms with van der Waals surface area (Å²) in [5.74, 6) is -1.33. The van der Waals surface area contributed by atoms with Gasteiger partial charge < -0.3 is 9.84 Å². The summed E-state index contributed by atoms with van der Waals surface area (Å²) in [6.07, 6.45) is 0.291. The van der Waals surface area contributed by atoms with Crippen LogP contribution in [0.5, 0.6) is 0 Å². The van der Waals surface area contributed by atoms with E-state index in [2.05, 4.69) is 15.9 Å². The summed E-state index contributed by atoms with van der Waals surface area (Å²) >= 11 is 14.9. The molecule has 2 atom stereocenters. The lowest BCUT2D eigenvalue weighted by Crippen LogP contribution is -2.43. The molecule has 0 aromatic carbocycles. The summed E-state index contributed by atoms with van der Waals surface area (Å²) in [4.78, 5) is 0. The van der Waals surface area contributed by atoms with E-state index < -0.39 is 5.79 Å². The van der Waals surface area contributed by atoms with Gasteiger partial charge in [-0.05, 0) is 19.4 Å². The van der Waals surface area contributed by atoms with Crippen LogP contribution in [0, 0.1) is 0 Å². The van der Waals surface area contributed by atoms with Crippen LogP contribution >= 0.6 is 39.1 Å². The average Bonchev–Trinajstić information content (AvgIpc) is 2.24. The van der Waals surface area contributed by atoms with Crippen molar-refractivity contribution in [2.24, 2.45) is 0 Å². The van der Waals surface area contributed by atoms with Gasteiger partial charge in [0.2, 0.25) is 0 Å². The van der Waals surface area contributed by atoms with Gasteiger partial charge in [-0.2, -0.15) is 0 Å². The molecular weight excluding hydrogens is 303 g/mol. The second-order valence-corrected chi connectivity index (χ2v) is 4.85. The third-order valence-corrected chi connectivity index (χ3v) is 4.10. The fourth-order valence-corrected chi connectivity index (χ4v) is 2.33. The third-order valence-electron chi connectivity index (χ3n) is 2.56. The standard InChI is InChI=1S/C10H13BrCl2O2/c1-6(4-12)9-3-8(13)7(2)10(14,5-11)15-9/h4,9,14H,3,5H2,1-2H3. The Morgan fingerprint density at radius 1 is 1.80 bits per heavy atom. The first-order valence-corrected chi connectivity index (χ1v) is 6.47. The Hall–Kier alpha value is 0.460. The van der Waals surface area contributed by atoms with Crippen molar-refractivity contribution in [2.45, 2.75) is 32.2 Å². The van der Waals surface area contributed by atoms with Gasteiger partial charge in [-0.3, -0.25) is 0 Å². The van der Waals surface area contributed by atoms with Gasteiger partial charge in [0.1, 0.15) is 0 Å². The van der Waals surface area contributed by atoms with Crippen LogP contribution in [-0.4, -0.2) is 22.3 Å². The van der Waals surface area contributed by atoms with Crippen LogP contribution in [0.25, 0.3) is 0 Å². The zero-order valence-electron chi connectivity index (χ0n) is 8.56. The molecule has 86 valence electrons. The van der Waals surface area contributed by atoms with Crippen molar-refractivity contribution in [3.8, 4) is 0 Å². The van der Waals surface area contributed by atoms with Crippen molar-refractivity contribution in [1.29, 1.82) is 0 Å². The highest BCUT2D eigenvalue weighted by Crippen LogP contribution is 2.37. The monoisotopic (exact) mass is 314 g/mol. The third kappa shape index (κ3) is 2.77. The van der Waals surface area contributed by atoms with Gasteiger partial charge in [0.05, 0.1) is 11.4 Å². The maximum atomic E-state index is 10.2. The van der Waals surface area contributed by atoms with Gasteiger partial charge in [0, 0.05) is 22.6 Å². The van der Waals surface area contributed by atoms with Crippen LogP contribution in [0.15, 0.2) is 21.7 Å². The fourth-order valence-electron chi connectivity index (χ4n) is 1.35. The predicted molar refractivity (Wildman–Crippen MR) is 66.4 cm³/mol. The van der Waals surface area contributed by atoms with Crippen molar-refractivity contribution in [3.63, 3.8) is 0 Å². The van der Waals surface area contributed by atoms with Crippen LogP contribution in [0.2, 0.25) is 0 Å². The molecular formula is C10H13BrCl2O2. The van der Waals surface area contributed by atoms with E-state index in [1.165, 1.54) is 5.54 Å². The number of hydrogen-bond donors (Lipinski definition) is 1. The average molecular weight is 316 g/mol. The van der Waals surface area contributed by atoms with Crippen molar-refractivity contribution >= 4 is 39.1 Å². The summed E-state index contributed by atoms with van der Waals surface area (Å²) in [5, 5.41) is 11.1. The topological polar surface area (TPSA) is 29.5 Å². The highest BCUT2D eigenvalue weighted by molar-refractivity contribution is 9.09. The Bertz CT molecular complexity index is 315. The quantitative estimate of drug-likeness (QED) is 0.790. The minimum absolute atomic E-state index is 0.263. The Balaban J connectivity index is 3.00. The highest BCUT2D eigenvalue weighted by Gasteiger charge is 2.38. The molecule has 2 nitrogen and oxygen atoms in total. The van der Waals surface area contributed by atoms with Gasteiger partial charge in [0.15, 0.2) is 5.79 Å². The van der Waals surface area contributed by atoms with E-state index in [0.717, 1.165) is 5.57 Å². The SMILES string of the molecule is CC(=CCl)C1CC(Cl)=C(C)C(O)(CBr)O1. The maximum absolute atomic E-state index is 10.2. The molecule has 0 saturated heterocycles. The molecule has 0 aliphatic carbocycles. The lowest BCUT2D eigenvalue weighted by molar-refractivity contribution is -0.185. The summed E-state index contributed by atoms with van der Waals surface area (Å²) in [6, 6.07) is 0. The second kappa shape index (κ2) is 5.19. The largest absolute Gasteiger partial charge is 0.361 e. The molecule has 1 aliphatic rings. The Morgan fingerprint density at radius 3 is 2.87 bits per heavy atom.